The highest BCUT2D eigenvalue weighted by Gasteiger charge is 2.40. The number of thioether (sulfide) groups is 1. The van der Waals surface area contributed by atoms with Gasteiger partial charge in [-0.15, -0.1) is 11.8 Å². The molecule has 11 heteroatoms. The Morgan fingerprint density at radius 1 is 0.884 bits per heavy atom. The van der Waals surface area contributed by atoms with E-state index in [4.69, 9.17) is 23.2 Å². The van der Waals surface area contributed by atoms with Crippen LogP contribution in [0.25, 0.3) is 6.08 Å². The number of nitrogens with zero attached hydrogens (tertiary/aromatic N) is 1. The van der Waals surface area contributed by atoms with Gasteiger partial charge in [0.15, 0.2) is 0 Å². The topological polar surface area (TPSA) is 95.6 Å². The average Bonchev–Trinajstić information content (AvgIpc) is 3.28. The van der Waals surface area contributed by atoms with E-state index in [9.17, 15) is 23.6 Å². The van der Waals surface area contributed by atoms with Gasteiger partial charge in [0, 0.05) is 33.2 Å². The van der Waals surface area contributed by atoms with Crippen LogP contribution in [0.5, 0.6) is 0 Å². The SMILES string of the molecule is O=C(Nc1ccc(SC2CC(=O)N(c3ccc(Cl)cc3)C2=O)cc1)/C(=C/c1c(F)cccc1Cl)NC(=O)c1ccccc1. The normalized spacial score (nSPS) is 15.0. The maximum atomic E-state index is 14.5. The van der Waals surface area contributed by atoms with E-state index in [1.807, 2.05) is 0 Å². The van der Waals surface area contributed by atoms with Gasteiger partial charge in [0.1, 0.15) is 11.5 Å². The van der Waals surface area contributed by atoms with Gasteiger partial charge in [0.05, 0.1) is 16.0 Å². The van der Waals surface area contributed by atoms with Crippen molar-refractivity contribution in [2.45, 2.75) is 16.6 Å². The number of hydrogen-bond acceptors (Lipinski definition) is 5. The average molecular weight is 635 g/mol. The predicted octanol–water partition coefficient (Wildman–Crippen LogP) is 6.97. The van der Waals surface area contributed by atoms with E-state index in [0.29, 0.717) is 26.9 Å². The fraction of sp³-hybridized carbons (Fsp3) is 0.0625. The van der Waals surface area contributed by atoms with Gasteiger partial charge in [-0.1, -0.05) is 47.5 Å². The summed E-state index contributed by atoms with van der Waals surface area (Å²) in [6.07, 6.45) is 1.21. The third-order valence-corrected chi connectivity index (χ3v) is 8.18. The Labute approximate surface area is 260 Å². The van der Waals surface area contributed by atoms with Gasteiger partial charge < -0.3 is 10.6 Å². The molecule has 0 aliphatic carbocycles. The molecule has 4 aromatic rings. The van der Waals surface area contributed by atoms with E-state index in [-0.39, 0.29) is 34.5 Å². The second-order valence-electron chi connectivity index (χ2n) is 9.35. The summed E-state index contributed by atoms with van der Waals surface area (Å²) < 4.78 is 14.5. The van der Waals surface area contributed by atoms with Crippen LogP contribution in [0.1, 0.15) is 22.3 Å². The number of amides is 4. The highest BCUT2D eigenvalue weighted by Crippen LogP contribution is 2.35. The maximum absolute atomic E-state index is 14.5. The zero-order chi connectivity index (χ0) is 30.5. The molecule has 1 fully saturated rings. The summed E-state index contributed by atoms with van der Waals surface area (Å²) in [4.78, 5) is 53.6. The molecule has 2 N–H and O–H groups in total. The molecule has 7 nitrogen and oxygen atoms in total. The van der Waals surface area contributed by atoms with Crippen LogP contribution >= 0.6 is 35.0 Å². The van der Waals surface area contributed by atoms with Crippen molar-refractivity contribution in [2.24, 2.45) is 0 Å². The van der Waals surface area contributed by atoms with Crippen LogP contribution in [-0.2, 0) is 14.4 Å². The Morgan fingerprint density at radius 2 is 1.58 bits per heavy atom. The lowest BCUT2D eigenvalue weighted by Gasteiger charge is -2.15. The van der Waals surface area contributed by atoms with Crippen molar-refractivity contribution in [3.05, 3.63) is 130 Å². The summed E-state index contributed by atoms with van der Waals surface area (Å²) in [5.74, 6) is -2.57. The summed E-state index contributed by atoms with van der Waals surface area (Å²) >= 11 is 13.3. The standard InChI is InChI=1S/C32H22Cl2FN3O4S/c33-20-9-13-22(14-10-20)38-29(39)18-28(32(38)42)43-23-15-11-21(12-16-23)36-31(41)27(17-24-25(34)7-4-8-26(24)35)37-30(40)19-5-2-1-3-6-19/h1-17,28H,18H2,(H,36,41)(H,37,40)/b27-17-. The Morgan fingerprint density at radius 3 is 2.26 bits per heavy atom. The van der Waals surface area contributed by atoms with Crippen molar-refractivity contribution < 1.29 is 23.6 Å². The monoisotopic (exact) mass is 633 g/mol. The number of benzene rings is 4. The van der Waals surface area contributed by atoms with Gasteiger partial charge in [-0.25, -0.2) is 9.29 Å². The first-order valence-corrected chi connectivity index (χ1v) is 14.6. The Hall–Kier alpha value is -4.44. The summed E-state index contributed by atoms with van der Waals surface area (Å²) in [7, 11) is 0. The van der Waals surface area contributed by atoms with Crippen LogP contribution in [0, 0.1) is 5.82 Å². The van der Waals surface area contributed by atoms with Crippen molar-refractivity contribution in [1.82, 2.24) is 5.32 Å². The minimum atomic E-state index is -0.709. The smallest absolute Gasteiger partial charge is 0.272 e. The first-order chi connectivity index (χ1) is 20.7. The van der Waals surface area contributed by atoms with Crippen LogP contribution in [-0.4, -0.2) is 28.9 Å². The largest absolute Gasteiger partial charge is 0.321 e. The Balaban J connectivity index is 1.30. The molecule has 0 saturated carbocycles. The van der Waals surface area contributed by atoms with Crippen LogP contribution < -0.4 is 15.5 Å². The predicted molar refractivity (Wildman–Crippen MR) is 167 cm³/mol. The lowest BCUT2D eigenvalue weighted by Crippen LogP contribution is -2.31. The van der Waals surface area contributed by atoms with Crippen molar-refractivity contribution in [3.8, 4) is 0 Å². The third kappa shape index (κ3) is 7.14. The molecule has 1 unspecified atom stereocenters. The van der Waals surface area contributed by atoms with Crippen molar-refractivity contribution in [3.63, 3.8) is 0 Å². The highest BCUT2D eigenvalue weighted by molar-refractivity contribution is 8.00. The van der Waals surface area contributed by atoms with Crippen molar-refractivity contribution in [2.75, 3.05) is 10.2 Å². The molecular weight excluding hydrogens is 612 g/mol. The molecule has 0 bridgehead atoms. The summed E-state index contributed by atoms with van der Waals surface area (Å²) in [5.41, 5.74) is 0.859. The molecule has 1 heterocycles. The molecule has 1 atom stereocenters. The van der Waals surface area contributed by atoms with E-state index in [1.54, 1.807) is 78.9 Å². The molecule has 4 amide bonds. The zero-order valence-corrected chi connectivity index (χ0v) is 24.6. The maximum Gasteiger partial charge on any atom is 0.272 e. The second kappa shape index (κ2) is 13.2. The van der Waals surface area contributed by atoms with E-state index in [1.165, 1.54) is 36.0 Å². The second-order valence-corrected chi connectivity index (χ2v) is 11.5. The van der Waals surface area contributed by atoms with Crippen LogP contribution in [0.15, 0.2) is 108 Å². The number of hydrogen-bond donors (Lipinski definition) is 2. The Bertz CT molecular complexity index is 1710. The van der Waals surface area contributed by atoms with Crippen LogP contribution in [0.2, 0.25) is 10.0 Å². The highest BCUT2D eigenvalue weighted by atomic mass is 35.5. The third-order valence-electron chi connectivity index (χ3n) is 6.40. The van der Waals surface area contributed by atoms with Gasteiger partial charge in [-0.05, 0) is 78.9 Å². The number of carbonyl (C=O) groups is 4. The number of nitrogens with one attached hydrogen (secondary N) is 2. The minimum Gasteiger partial charge on any atom is -0.321 e. The van der Waals surface area contributed by atoms with Gasteiger partial charge in [0.25, 0.3) is 11.8 Å². The fourth-order valence-corrected chi connectivity index (χ4v) is 5.67. The lowest BCUT2D eigenvalue weighted by molar-refractivity contribution is -0.121. The zero-order valence-electron chi connectivity index (χ0n) is 22.2. The van der Waals surface area contributed by atoms with Gasteiger partial charge in [-0.2, -0.15) is 0 Å². The van der Waals surface area contributed by atoms with Crippen molar-refractivity contribution >= 4 is 76.0 Å². The molecule has 216 valence electrons. The minimum absolute atomic E-state index is 0.0402. The van der Waals surface area contributed by atoms with Gasteiger partial charge in [-0.3, -0.25) is 19.2 Å². The molecule has 0 radical (unpaired) electrons. The number of anilines is 2. The molecule has 1 saturated heterocycles. The van der Waals surface area contributed by atoms with Crippen molar-refractivity contribution in [1.29, 1.82) is 0 Å². The molecule has 4 aromatic carbocycles. The van der Waals surface area contributed by atoms with E-state index < -0.39 is 22.9 Å². The molecule has 43 heavy (non-hydrogen) atoms. The number of imide groups is 1. The first-order valence-electron chi connectivity index (χ1n) is 12.9. The molecule has 1 aliphatic rings. The first kappa shape index (κ1) is 30.0. The van der Waals surface area contributed by atoms with Crippen LogP contribution in [0.3, 0.4) is 0 Å². The lowest BCUT2D eigenvalue weighted by atomic mass is 10.1. The number of rotatable bonds is 8. The molecule has 5 rings (SSSR count). The van der Waals surface area contributed by atoms with E-state index >= 15 is 0 Å². The summed E-state index contributed by atoms with van der Waals surface area (Å²) in [6.45, 7) is 0. The molecular formula is C32H22Cl2FN3O4S. The summed E-state index contributed by atoms with van der Waals surface area (Å²) in [6, 6.07) is 25.4. The summed E-state index contributed by atoms with van der Waals surface area (Å²) in [5, 5.41) is 5.19. The number of carbonyl (C=O) groups excluding carboxylic acids is 4. The number of halogens is 3. The van der Waals surface area contributed by atoms with E-state index in [2.05, 4.69) is 10.6 Å². The molecule has 1 aliphatic heterocycles. The fourth-order valence-electron chi connectivity index (χ4n) is 4.27. The van der Waals surface area contributed by atoms with Gasteiger partial charge in [0.2, 0.25) is 11.8 Å². The molecule has 0 aromatic heterocycles. The molecule has 0 spiro atoms. The Kier molecular flexibility index (Phi) is 9.25. The van der Waals surface area contributed by atoms with Crippen LogP contribution in [0.4, 0.5) is 15.8 Å². The van der Waals surface area contributed by atoms with Gasteiger partial charge >= 0.3 is 0 Å². The quantitative estimate of drug-likeness (QED) is 0.161. The van der Waals surface area contributed by atoms with E-state index in [0.717, 1.165) is 4.90 Å².